The second-order valence-electron chi connectivity index (χ2n) is 5.44. The van der Waals surface area contributed by atoms with Crippen molar-refractivity contribution in [1.82, 2.24) is 4.98 Å². The number of H-pyrrole nitrogens is 1. The molecule has 0 bridgehead atoms. The van der Waals surface area contributed by atoms with E-state index < -0.39 is 0 Å². The first-order chi connectivity index (χ1) is 9.19. The van der Waals surface area contributed by atoms with E-state index in [1.807, 2.05) is 12.3 Å². The van der Waals surface area contributed by atoms with Gasteiger partial charge in [0.05, 0.1) is 7.11 Å². The Morgan fingerprint density at radius 3 is 2.95 bits per heavy atom. The van der Waals surface area contributed by atoms with Crippen molar-refractivity contribution in [3.63, 3.8) is 0 Å². The summed E-state index contributed by atoms with van der Waals surface area (Å²) in [6.45, 7) is 2.08. The van der Waals surface area contributed by atoms with Crippen molar-refractivity contribution < 1.29 is 9.53 Å². The Balaban J connectivity index is 1.99. The highest BCUT2D eigenvalue weighted by Gasteiger charge is 2.25. The Kier molecular flexibility index (Phi) is 3.05. The Bertz CT molecular complexity index is 627. The number of nitrogens with one attached hydrogen (secondary N) is 1. The van der Waals surface area contributed by atoms with E-state index in [1.54, 1.807) is 7.11 Å². The molecule has 1 aromatic heterocycles. The Hall–Kier alpha value is -1.77. The third-order valence-electron chi connectivity index (χ3n) is 4.18. The number of aryl methyl sites for hydroxylation is 1. The molecule has 1 atom stereocenters. The van der Waals surface area contributed by atoms with Gasteiger partial charge in [-0.3, -0.25) is 4.79 Å². The summed E-state index contributed by atoms with van der Waals surface area (Å²) in [6, 6.07) is 4.09. The summed E-state index contributed by atoms with van der Waals surface area (Å²) in [5, 5.41) is 1.19. The second-order valence-corrected chi connectivity index (χ2v) is 5.44. The van der Waals surface area contributed by atoms with Crippen LogP contribution in [-0.2, 0) is 11.2 Å². The standard InChI is InChI=1S/C16H19NO2/c1-10-6-13(19-2)8-14-12(9-17-16(10)14)7-11-4-3-5-15(11)18/h6,8-9,11,17H,3-5,7H2,1-2H3. The SMILES string of the molecule is COc1cc(C)c2[nH]cc(CC3CCCC3=O)c2c1. The number of ether oxygens (including phenoxy) is 1. The van der Waals surface area contributed by atoms with Crippen LogP contribution in [0, 0.1) is 12.8 Å². The minimum atomic E-state index is 0.213. The van der Waals surface area contributed by atoms with Crippen LogP contribution in [0.4, 0.5) is 0 Å². The van der Waals surface area contributed by atoms with Crippen LogP contribution in [0.1, 0.15) is 30.4 Å². The molecule has 0 radical (unpaired) electrons. The zero-order chi connectivity index (χ0) is 13.4. The molecule has 1 aromatic carbocycles. The van der Waals surface area contributed by atoms with Crippen molar-refractivity contribution in [2.45, 2.75) is 32.6 Å². The lowest BCUT2D eigenvalue weighted by atomic mass is 9.96. The minimum Gasteiger partial charge on any atom is -0.497 e. The van der Waals surface area contributed by atoms with E-state index in [2.05, 4.69) is 18.0 Å². The molecule has 0 spiro atoms. The zero-order valence-electron chi connectivity index (χ0n) is 11.5. The van der Waals surface area contributed by atoms with Crippen LogP contribution >= 0.6 is 0 Å². The average molecular weight is 257 g/mol. The first-order valence-electron chi connectivity index (χ1n) is 6.86. The molecule has 100 valence electrons. The molecule has 1 aliphatic carbocycles. The van der Waals surface area contributed by atoms with Crippen LogP contribution in [0.5, 0.6) is 5.75 Å². The maximum absolute atomic E-state index is 11.8. The maximum Gasteiger partial charge on any atom is 0.136 e. The van der Waals surface area contributed by atoms with Gasteiger partial charge in [0.25, 0.3) is 0 Å². The van der Waals surface area contributed by atoms with E-state index >= 15 is 0 Å². The van der Waals surface area contributed by atoms with Crippen LogP contribution in [0.3, 0.4) is 0 Å². The monoisotopic (exact) mass is 257 g/mol. The largest absolute Gasteiger partial charge is 0.497 e. The normalized spacial score (nSPS) is 19.3. The average Bonchev–Trinajstić information content (AvgIpc) is 2.98. The van der Waals surface area contributed by atoms with Crippen LogP contribution in [0.2, 0.25) is 0 Å². The maximum atomic E-state index is 11.8. The van der Waals surface area contributed by atoms with Gasteiger partial charge in [-0.2, -0.15) is 0 Å². The van der Waals surface area contributed by atoms with E-state index in [0.29, 0.717) is 5.78 Å². The lowest BCUT2D eigenvalue weighted by molar-refractivity contribution is -0.120. The molecule has 3 heteroatoms. The van der Waals surface area contributed by atoms with Gasteiger partial charge in [0.15, 0.2) is 0 Å². The van der Waals surface area contributed by atoms with Crippen LogP contribution in [0.15, 0.2) is 18.3 Å². The molecule has 0 saturated heterocycles. The van der Waals surface area contributed by atoms with Gasteiger partial charge in [-0.15, -0.1) is 0 Å². The molecule has 2 aromatic rings. The van der Waals surface area contributed by atoms with Crippen molar-refractivity contribution in [1.29, 1.82) is 0 Å². The lowest BCUT2D eigenvalue weighted by Gasteiger charge is -2.08. The fraction of sp³-hybridized carbons (Fsp3) is 0.438. The molecule has 0 aliphatic heterocycles. The van der Waals surface area contributed by atoms with E-state index in [4.69, 9.17) is 4.74 Å². The highest BCUT2D eigenvalue weighted by atomic mass is 16.5. The highest BCUT2D eigenvalue weighted by molar-refractivity contribution is 5.89. The van der Waals surface area contributed by atoms with Gasteiger partial charge < -0.3 is 9.72 Å². The molecule has 0 amide bonds. The van der Waals surface area contributed by atoms with Gasteiger partial charge in [0.1, 0.15) is 11.5 Å². The molecule has 1 N–H and O–H groups in total. The van der Waals surface area contributed by atoms with Gasteiger partial charge in [-0.05, 0) is 49.4 Å². The molecule has 1 unspecified atom stereocenters. The van der Waals surface area contributed by atoms with Crippen LogP contribution in [-0.4, -0.2) is 17.9 Å². The summed E-state index contributed by atoms with van der Waals surface area (Å²) < 4.78 is 5.34. The number of carbonyl (C=O) groups is 1. The number of carbonyl (C=O) groups excluding carboxylic acids is 1. The molecule has 1 fully saturated rings. The number of methoxy groups -OCH3 is 1. The van der Waals surface area contributed by atoms with Gasteiger partial charge >= 0.3 is 0 Å². The summed E-state index contributed by atoms with van der Waals surface area (Å²) in [5.41, 5.74) is 3.57. The second kappa shape index (κ2) is 4.72. The number of Topliss-reactive ketones (excluding diaryl/α,β-unsaturated/α-hetero) is 1. The van der Waals surface area contributed by atoms with Gasteiger partial charge in [-0.25, -0.2) is 0 Å². The third kappa shape index (κ3) is 2.14. The smallest absolute Gasteiger partial charge is 0.136 e. The van der Waals surface area contributed by atoms with Crippen molar-refractivity contribution in [2.24, 2.45) is 5.92 Å². The molecular weight excluding hydrogens is 238 g/mol. The van der Waals surface area contributed by atoms with E-state index in [0.717, 1.165) is 36.9 Å². The lowest BCUT2D eigenvalue weighted by Crippen LogP contribution is -2.09. The van der Waals surface area contributed by atoms with E-state index in [9.17, 15) is 4.79 Å². The first-order valence-corrected chi connectivity index (χ1v) is 6.86. The number of benzene rings is 1. The Morgan fingerprint density at radius 2 is 2.26 bits per heavy atom. The number of ketones is 1. The highest BCUT2D eigenvalue weighted by Crippen LogP contribution is 2.31. The Labute approximate surface area is 113 Å². The quantitative estimate of drug-likeness (QED) is 0.915. The fourth-order valence-corrected chi connectivity index (χ4v) is 3.09. The summed E-state index contributed by atoms with van der Waals surface area (Å²) >= 11 is 0. The zero-order valence-corrected chi connectivity index (χ0v) is 11.5. The molecule has 1 aliphatic rings. The molecule has 1 saturated carbocycles. The molecular formula is C16H19NO2. The summed E-state index contributed by atoms with van der Waals surface area (Å²) in [6.07, 6.45) is 5.74. The van der Waals surface area contributed by atoms with Gasteiger partial charge in [0, 0.05) is 29.4 Å². The van der Waals surface area contributed by atoms with E-state index in [-0.39, 0.29) is 5.92 Å². The van der Waals surface area contributed by atoms with Crippen LogP contribution in [0.25, 0.3) is 10.9 Å². The molecule has 19 heavy (non-hydrogen) atoms. The predicted octanol–water partition coefficient (Wildman–Crippen LogP) is 3.40. The van der Waals surface area contributed by atoms with Crippen molar-refractivity contribution >= 4 is 16.7 Å². The Morgan fingerprint density at radius 1 is 1.42 bits per heavy atom. The van der Waals surface area contributed by atoms with Crippen molar-refractivity contribution in [2.75, 3.05) is 7.11 Å². The van der Waals surface area contributed by atoms with Crippen molar-refractivity contribution in [3.8, 4) is 5.75 Å². The number of hydrogen-bond acceptors (Lipinski definition) is 2. The van der Waals surface area contributed by atoms with Gasteiger partial charge in [-0.1, -0.05) is 0 Å². The predicted molar refractivity (Wildman–Crippen MR) is 75.6 cm³/mol. The summed E-state index contributed by atoms with van der Waals surface area (Å²) in [7, 11) is 1.69. The van der Waals surface area contributed by atoms with Crippen molar-refractivity contribution in [3.05, 3.63) is 29.5 Å². The number of aromatic amines is 1. The summed E-state index contributed by atoms with van der Waals surface area (Å²) in [4.78, 5) is 15.1. The van der Waals surface area contributed by atoms with E-state index in [1.165, 1.54) is 16.5 Å². The summed E-state index contributed by atoms with van der Waals surface area (Å²) in [5.74, 6) is 1.52. The topological polar surface area (TPSA) is 42.1 Å². The number of aromatic nitrogens is 1. The first kappa shape index (κ1) is 12.3. The van der Waals surface area contributed by atoms with Gasteiger partial charge in [0.2, 0.25) is 0 Å². The molecule has 3 nitrogen and oxygen atoms in total. The number of hydrogen-bond donors (Lipinski definition) is 1. The molecule has 1 heterocycles. The third-order valence-corrected chi connectivity index (χ3v) is 4.18. The fourth-order valence-electron chi connectivity index (χ4n) is 3.09. The number of rotatable bonds is 3. The molecule has 3 rings (SSSR count). The van der Waals surface area contributed by atoms with Crippen LogP contribution < -0.4 is 4.74 Å². The minimum absolute atomic E-state index is 0.213. The number of fused-ring (bicyclic) bond motifs is 1.